The molecular formula is C13H16N4O5. The van der Waals surface area contributed by atoms with E-state index in [1.54, 1.807) is 16.8 Å². The Morgan fingerprint density at radius 3 is 3.05 bits per heavy atom. The van der Waals surface area contributed by atoms with Gasteiger partial charge in [-0.1, -0.05) is 0 Å². The van der Waals surface area contributed by atoms with Crippen molar-refractivity contribution in [3.05, 3.63) is 12.3 Å². The van der Waals surface area contributed by atoms with E-state index in [0.717, 1.165) is 0 Å². The van der Waals surface area contributed by atoms with Crippen LogP contribution in [0.3, 0.4) is 0 Å². The molecule has 3 heterocycles. The molecule has 1 fully saturated rings. The van der Waals surface area contributed by atoms with E-state index < -0.39 is 18.4 Å². The maximum atomic E-state index is 10.6. The molecule has 1 amide bonds. The molecule has 0 aromatic carbocycles. The van der Waals surface area contributed by atoms with Gasteiger partial charge in [-0.25, -0.2) is 0 Å². The third-order valence-electron chi connectivity index (χ3n) is 3.61. The van der Waals surface area contributed by atoms with Crippen LogP contribution in [0.4, 0.5) is 5.95 Å². The average Bonchev–Trinajstić information content (AvgIpc) is 3.09. The summed E-state index contributed by atoms with van der Waals surface area (Å²) in [5.41, 5.74) is 0.506. The Kier molecular flexibility index (Phi) is 3.92. The zero-order valence-corrected chi connectivity index (χ0v) is 11.8. The number of fused-ring (bicyclic) bond motifs is 1. The van der Waals surface area contributed by atoms with E-state index in [1.807, 2.05) is 0 Å². The molecule has 1 aliphatic heterocycles. The van der Waals surface area contributed by atoms with Crippen molar-refractivity contribution < 1.29 is 24.5 Å². The third-order valence-corrected chi connectivity index (χ3v) is 3.61. The van der Waals surface area contributed by atoms with E-state index in [9.17, 15) is 15.0 Å². The van der Waals surface area contributed by atoms with Crippen molar-refractivity contribution in [1.82, 2.24) is 14.5 Å². The molecule has 0 saturated carbocycles. The highest BCUT2D eigenvalue weighted by Gasteiger charge is 2.35. The normalized spacial score (nSPS) is 24.6. The van der Waals surface area contributed by atoms with Gasteiger partial charge in [-0.15, -0.1) is 0 Å². The van der Waals surface area contributed by atoms with Crippen LogP contribution in [0.25, 0.3) is 11.0 Å². The highest BCUT2D eigenvalue weighted by Crippen LogP contribution is 2.33. The first kappa shape index (κ1) is 14.7. The predicted octanol–water partition coefficient (Wildman–Crippen LogP) is -0.351. The number of methoxy groups -OCH3 is 1. The second-order valence-electron chi connectivity index (χ2n) is 4.89. The molecule has 9 nitrogen and oxygen atoms in total. The van der Waals surface area contributed by atoms with E-state index in [1.165, 1.54) is 7.11 Å². The lowest BCUT2D eigenvalue weighted by molar-refractivity contribution is -0.105. The topological polar surface area (TPSA) is 119 Å². The fraction of sp³-hybridized carbons (Fsp3) is 0.462. The maximum Gasteiger partial charge on any atom is 0.234 e. The Hall–Kier alpha value is -2.23. The van der Waals surface area contributed by atoms with Crippen LogP contribution < -0.4 is 10.1 Å². The predicted molar refractivity (Wildman–Crippen MR) is 75.4 cm³/mol. The third kappa shape index (κ3) is 2.39. The van der Waals surface area contributed by atoms with Crippen LogP contribution in [0.15, 0.2) is 12.3 Å². The molecule has 3 N–H and O–H groups in total. The Morgan fingerprint density at radius 2 is 2.41 bits per heavy atom. The molecule has 1 saturated heterocycles. The molecule has 1 aliphatic rings. The van der Waals surface area contributed by atoms with Crippen molar-refractivity contribution in [1.29, 1.82) is 0 Å². The van der Waals surface area contributed by atoms with Crippen LogP contribution in [-0.4, -0.2) is 57.1 Å². The summed E-state index contributed by atoms with van der Waals surface area (Å²) >= 11 is 0. The van der Waals surface area contributed by atoms with E-state index in [4.69, 9.17) is 9.47 Å². The highest BCUT2D eigenvalue weighted by atomic mass is 16.5. The summed E-state index contributed by atoms with van der Waals surface area (Å²) in [6, 6.07) is 1.76. The van der Waals surface area contributed by atoms with Gasteiger partial charge in [0.05, 0.1) is 25.2 Å². The Labute approximate surface area is 125 Å². The summed E-state index contributed by atoms with van der Waals surface area (Å²) in [5.74, 6) is 0.432. The van der Waals surface area contributed by atoms with E-state index in [-0.39, 0.29) is 12.6 Å². The number of amides is 1. The van der Waals surface area contributed by atoms with Gasteiger partial charge in [0.2, 0.25) is 18.2 Å². The first-order chi connectivity index (χ1) is 10.7. The van der Waals surface area contributed by atoms with E-state index in [0.29, 0.717) is 29.7 Å². The fourth-order valence-corrected chi connectivity index (χ4v) is 2.56. The fourth-order valence-electron chi connectivity index (χ4n) is 2.56. The number of aliphatic hydroxyl groups excluding tert-OH is 2. The minimum absolute atomic E-state index is 0.108. The van der Waals surface area contributed by atoms with E-state index >= 15 is 0 Å². The van der Waals surface area contributed by atoms with Gasteiger partial charge >= 0.3 is 0 Å². The van der Waals surface area contributed by atoms with Crippen molar-refractivity contribution >= 4 is 23.4 Å². The number of ether oxygens (including phenoxy) is 2. The van der Waals surface area contributed by atoms with Crippen LogP contribution in [0.5, 0.6) is 5.88 Å². The van der Waals surface area contributed by atoms with Gasteiger partial charge in [-0.2, -0.15) is 9.97 Å². The number of aromatic nitrogens is 3. The smallest absolute Gasteiger partial charge is 0.234 e. The number of rotatable bonds is 5. The van der Waals surface area contributed by atoms with Gasteiger partial charge in [0.1, 0.15) is 12.3 Å². The van der Waals surface area contributed by atoms with Crippen LogP contribution in [0, 0.1) is 0 Å². The molecule has 0 radical (unpaired) electrons. The number of carbonyl (C=O) groups is 1. The number of nitrogens with zero attached hydrogens (tertiary/aromatic N) is 3. The number of hydrogen-bond acceptors (Lipinski definition) is 7. The van der Waals surface area contributed by atoms with Crippen molar-refractivity contribution in [3.8, 4) is 5.88 Å². The summed E-state index contributed by atoms with van der Waals surface area (Å²) in [7, 11) is 1.47. The molecule has 0 spiro atoms. The lowest BCUT2D eigenvalue weighted by Gasteiger charge is -2.15. The van der Waals surface area contributed by atoms with Gasteiger partial charge in [0.25, 0.3) is 0 Å². The lowest BCUT2D eigenvalue weighted by Crippen LogP contribution is -2.24. The summed E-state index contributed by atoms with van der Waals surface area (Å²) in [6.45, 7) is -0.257. The van der Waals surface area contributed by atoms with Crippen molar-refractivity contribution in [2.75, 3.05) is 19.0 Å². The van der Waals surface area contributed by atoms with Gasteiger partial charge in [0, 0.05) is 12.6 Å². The van der Waals surface area contributed by atoms with Crippen LogP contribution >= 0.6 is 0 Å². The second kappa shape index (κ2) is 5.87. The maximum absolute atomic E-state index is 10.6. The average molecular weight is 308 g/mol. The SMILES string of the molecule is COc1nc(NC=O)nc2c1ccn2[C@@H]1C[C@H](O)[C@@H](CO)O1. The Morgan fingerprint density at radius 1 is 1.59 bits per heavy atom. The molecule has 9 heteroatoms. The number of anilines is 1. The number of nitrogens with one attached hydrogen (secondary N) is 1. The molecular weight excluding hydrogens is 292 g/mol. The minimum atomic E-state index is -0.747. The van der Waals surface area contributed by atoms with Crippen molar-refractivity contribution in [3.63, 3.8) is 0 Å². The monoisotopic (exact) mass is 308 g/mol. The van der Waals surface area contributed by atoms with Crippen LogP contribution in [0.2, 0.25) is 0 Å². The van der Waals surface area contributed by atoms with Crippen molar-refractivity contribution in [2.24, 2.45) is 0 Å². The summed E-state index contributed by atoms with van der Waals surface area (Å²) in [5, 5.41) is 22.1. The van der Waals surface area contributed by atoms with Crippen molar-refractivity contribution in [2.45, 2.75) is 24.9 Å². The summed E-state index contributed by atoms with van der Waals surface area (Å²) in [4.78, 5) is 18.9. The molecule has 3 atom stereocenters. The Bertz CT molecular complexity index is 688. The molecule has 2 aromatic rings. The molecule has 0 aliphatic carbocycles. The molecule has 118 valence electrons. The zero-order chi connectivity index (χ0) is 15.7. The van der Waals surface area contributed by atoms with Gasteiger partial charge in [-0.3, -0.25) is 10.1 Å². The lowest BCUT2D eigenvalue weighted by atomic mass is 10.2. The number of hydrogen-bond donors (Lipinski definition) is 3. The largest absolute Gasteiger partial charge is 0.480 e. The Balaban J connectivity index is 2.03. The van der Waals surface area contributed by atoms with Crippen LogP contribution in [-0.2, 0) is 9.53 Å². The highest BCUT2D eigenvalue weighted by molar-refractivity contribution is 5.84. The number of carbonyl (C=O) groups excluding carboxylic acids is 1. The minimum Gasteiger partial charge on any atom is -0.480 e. The standard InChI is InChI=1S/C13H16N4O5/c1-21-12-7-2-3-17(10-4-8(20)9(5-18)22-10)11(7)15-13(16-12)14-6-19/h2-3,6,8-10,18,20H,4-5H2,1H3,(H,14,15,16,19)/t8-,9+,10-/m0/s1. The molecule has 2 aromatic heterocycles. The van der Waals surface area contributed by atoms with Gasteiger partial charge < -0.3 is 24.3 Å². The molecule has 22 heavy (non-hydrogen) atoms. The molecule has 3 rings (SSSR count). The van der Waals surface area contributed by atoms with Crippen LogP contribution in [0.1, 0.15) is 12.6 Å². The second-order valence-corrected chi connectivity index (χ2v) is 4.89. The van der Waals surface area contributed by atoms with E-state index in [2.05, 4.69) is 15.3 Å². The number of aliphatic hydroxyl groups is 2. The summed E-state index contributed by atoms with van der Waals surface area (Å²) < 4.78 is 12.5. The molecule has 0 bridgehead atoms. The van der Waals surface area contributed by atoms with Gasteiger partial charge in [0.15, 0.2) is 5.65 Å². The first-order valence-electron chi connectivity index (χ1n) is 6.75. The zero-order valence-electron chi connectivity index (χ0n) is 11.8. The quantitative estimate of drug-likeness (QED) is 0.646. The summed E-state index contributed by atoms with van der Waals surface area (Å²) in [6.07, 6.45) is 0.711. The van der Waals surface area contributed by atoms with Gasteiger partial charge in [-0.05, 0) is 6.07 Å². The molecule has 0 unspecified atom stereocenters. The first-order valence-corrected chi connectivity index (χ1v) is 6.75.